The third kappa shape index (κ3) is 2.90. The number of hydrogen-bond acceptors (Lipinski definition) is 3. The standard InChI is InChI=1S/C18H23NOS/c1-18(2,14-6-5-9-19-11-14)17(20)10-13-12-21-16-8-4-3-7-15(13)16/h3-4,7-8,12,14,19H,5-6,9-11H2,1-2H3. The minimum Gasteiger partial charge on any atom is -0.316 e. The number of nitrogens with one attached hydrogen (secondary N) is 1. The van der Waals surface area contributed by atoms with Crippen LogP contribution in [0.2, 0.25) is 0 Å². The molecule has 2 heterocycles. The topological polar surface area (TPSA) is 29.1 Å². The molecule has 1 unspecified atom stereocenters. The second-order valence-corrected chi connectivity index (χ2v) is 7.53. The number of rotatable bonds is 4. The van der Waals surface area contributed by atoms with Crippen molar-refractivity contribution in [2.24, 2.45) is 11.3 Å². The molecule has 1 aromatic carbocycles. The summed E-state index contributed by atoms with van der Waals surface area (Å²) in [5.74, 6) is 0.836. The fraction of sp³-hybridized carbons (Fsp3) is 0.500. The van der Waals surface area contributed by atoms with Gasteiger partial charge >= 0.3 is 0 Å². The summed E-state index contributed by atoms with van der Waals surface area (Å²) in [6.07, 6.45) is 2.91. The highest BCUT2D eigenvalue weighted by Gasteiger charge is 2.36. The van der Waals surface area contributed by atoms with Gasteiger partial charge in [0.2, 0.25) is 0 Å². The van der Waals surface area contributed by atoms with Crippen molar-refractivity contribution in [1.29, 1.82) is 0 Å². The summed E-state index contributed by atoms with van der Waals surface area (Å²) in [5.41, 5.74) is 0.952. The molecule has 3 heteroatoms. The molecule has 3 rings (SSSR count). The van der Waals surface area contributed by atoms with Crippen molar-refractivity contribution in [2.45, 2.75) is 33.1 Å². The number of carbonyl (C=O) groups excluding carboxylic acids is 1. The molecule has 1 saturated heterocycles. The van der Waals surface area contributed by atoms with Gasteiger partial charge in [-0.2, -0.15) is 0 Å². The Morgan fingerprint density at radius 1 is 1.38 bits per heavy atom. The van der Waals surface area contributed by atoms with E-state index in [1.165, 1.54) is 22.1 Å². The van der Waals surface area contributed by atoms with Crippen LogP contribution in [0.1, 0.15) is 32.3 Å². The van der Waals surface area contributed by atoms with Gasteiger partial charge in [0.25, 0.3) is 0 Å². The average Bonchev–Trinajstić information content (AvgIpc) is 2.91. The second kappa shape index (κ2) is 5.90. The van der Waals surface area contributed by atoms with Crippen LogP contribution in [0.4, 0.5) is 0 Å². The van der Waals surface area contributed by atoms with Crippen molar-refractivity contribution >= 4 is 27.2 Å². The van der Waals surface area contributed by atoms with Crippen molar-refractivity contribution in [2.75, 3.05) is 13.1 Å². The van der Waals surface area contributed by atoms with Gasteiger partial charge in [0.15, 0.2) is 0 Å². The van der Waals surface area contributed by atoms with Gasteiger partial charge in [0, 0.05) is 16.5 Å². The number of thiophene rings is 1. The average molecular weight is 301 g/mol. The van der Waals surface area contributed by atoms with Crippen LogP contribution in [0, 0.1) is 11.3 Å². The van der Waals surface area contributed by atoms with Gasteiger partial charge in [-0.3, -0.25) is 4.79 Å². The van der Waals surface area contributed by atoms with Crippen LogP contribution in [-0.4, -0.2) is 18.9 Å². The van der Waals surface area contributed by atoms with Gasteiger partial charge in [-0.25, -0.2) is 0 Å². The van der Waals surface area contributed by atoms with E-state index in [1.54, 1.807) is 11.3 Å². The van der Waals surface area contributed by atoms with E-state index in [1.807, 2.05) is 0 Å². The maximum absolute atomic E-state index is 12.9. The van der Waals surface area contributed by atoms with Gasteiger partial charge in [-0.1, -0.05) is 32.0 Å². The maximum Gasteiger partial charge on any atom is 0.143 e. The molecule has 0 aliphatic carbocycles. The molecule has 1 aliphatic rings. The fourth-order valence-corrected chi connectivity index (χ4v) is 4.23. The Morgan fingerprint density at radius 3 is 2.95 bits per heavy atom. The normalized spacial score (nSPS) is 19.8. The second-order valence-electron chi connectivity index (χ2n) is 6.62. The molecule has 1 aromatic heterocycles. The number of fused-ring (bicyclic) bond motifs is 1. The first-order chi connectivity index (χ1) is 10.1. The number of piperidine rings is 1. The number of Topliss-reactive ketones (excluding diaryl/α,β-unsaturated/α-hetero) is 1. The lowest BCUT2D eigenvalue weighted by atomic mass is 9.71. The molecule has 1 fully saturated rings. The van der Waals surface area contributed by atoms with Crippen molar-refractivity contribution < 1.29 is 4.79 Å². The van der Waals surface area contributed by atoms with Gasteiger partial charge in [0.1, 0.15) is 5.78 Å². The lowest BCUT2D eigenvalue weighted by molar-refractivity contribution is -0.129. The van der Waals surface area contributed by atoms with Crippen molar-refractivity contribution in [1.82, 2.24) is 5.32 Å². The molecule has 0 amide bonds. The summed E-state index contributed by atoms with van der Waals surface area (Å²) in [7, 11) is 0. The van der Waals surface area contributed by atoms with Gasteiger partial charge in [-0.05, 0) is 54.2 Å². The van der Waals surface area contributed by atoms with Crippen LogP contribution < -0.4 is 5.32 Å². The Morgan fingerprint density at radius 2 is 2.19 bits per heavy atom. The minimum atomic E-state index is -0.240. The lowest BCUT2D eigenvalue weighted by Gasteiger charge is -2.36. The van der Waals surface area contributed by atoms with Crippen molar-refractivity contribution in [3.63, 3.8) is 0 Å². The van der Waals surface area contributed by atoms with E-state index in [0.29, 0.717) is 18.1 Å². The Hall–Kier alpha value is -1.19. The first-order valence-electron chi connectivity index (χ1n) is 7.78. The summed E-state index contributed by atoms with van der Waals surface area (Å²) in [6, 6.07) is 8.37. The number of carbonyl (C=O) groups is 1. The Balaban J connectivity index is 1.78. The van der Waals surface area contributed by atoms with Gasteiger partial charge in [-0.15, -0.1) is 11.3 Å². The molecular weight excluding hydrogens is 278 g/mol. The highest BCUT2D eigenvalue weighted by Crippen LogP contribution is 2.35. The Bertz CT molecular complexity index is 637. The molecule has 2 aromatic rings. The summed E-state index contributed by atoms with van der Waals surface area (Å²) < 4.78 is 1.28. The molecule has 0 bridgehead atoms. The summed E-state index contributed by atoms with van der Waals surface area (Å²) in [5, 5.41) is 6.83. The zero-order valence-electron chi connectivity index (χ0n) is 12.8. The third-order valence-corrected chi connectivity index (χ3v) is 5.96. The van der Waals surface area contributed by atoms with E-state index in [-0.39, 0.29) is 5.41 Å². The summed E-state index contributed by atoms with van der Waals surface area (Å²) in [6.45, 7) is 6.32. The monoisotopic (exact) mass is 301 g/mol. The zero-order chi connectivity index (χ0) is 14.9. The molecule has 1 N–H and O–H groups in total. The molecule has 21 heavy (non-hydrogen) atoms. The zero-order valence-corrected chi connectivity index (χ0v) is 13.6. The van der Waals surface area contributed by atoms with E-state index in [2.05, 4.69) is 48.8 Å². The Labute approximate surface area is 130 Å². The fourth-order valence-electron chi connectivity index (χ4n) is 3.27. The molecular formula is C18H23NOS. The van der Waals surface area contributed by atoms with Crippen LogP contribution in [0.25, 0.3) is 10.1 Å². The summed E-state index contributed by atoms with van der Waals surface area (Å²) >= 11 is 1.74. The molecule has 1 atom stereocenters. The summed E-state index contributed by atoms with van der Waals surface area (Å²) in [4.78, 5) is 12.9. The molecule has 112 valence electrons. The molecule has 0 radical (unpaired) electrons. The number of hydrogen-bond donors (Lipinski definition) is 1. The first-order valence-corrected chi connectivity index (χ1v) is 8.66. The largest absolute Gasteiger partial charge is 0.316 e. The van der Waals surface area contributed by atoms with Crippen LogP contribution in [0.3, 0.4) is 0 Å². The molecule has 0 saturated carbocycles. The number of benzene rings is 1. The lowest BCUT2D eigenvalue weighted by Crippen LogP contribution is -2.43. The van der Waals surface area contributed by atoms with Crippen molar-refractivity contribution in [3.8, 4) is 0 Å². The Kier molecular flexibility index (Phi) is 4.14. The van der Waals surface area contributed by atoms with Crippen LogP contribution in [0.15, 0.2) is 29.6 Å². The molecule has 2 nitrogen and oxygen atoms in total. The van der Waals surface area contributed by atoms with Crippen LogP contribution in [-0.2, 0) is 11.2 Å². The predicted molar refractivity (Wildman–Crippen MR) is 89.9 cm³/mol. The van der Waals surface area contributed by atoms with Crippen LogP contribution >= 0.6 is 11.3 Å². The van der Waals surface area contributed by atoms with E-state index in [9.17, 15) is 4.79 Å². The quantitative estimate of drug-likeness (QED) is 0.923. The van der Waals surface area contributed by atoms with Crippen molar-refractivity contribution in [3.05, 3.63) is 35.2 Å². The minimum absolute atomic E-state index is 0.240. The smallest absolute Gasteiger partial charge is 0.143 e. The van der Waals surface area contributed by atoms with E-state index < -0.39 is 0 Å². The van der Waals surface area contributed by atoms with E-state index >= 15 is 0 Å². The highest BCUT2D eigenvalue weighted by atomic mass is 32.1. The SMILES string of the molecule is CC(C)(C(=O)Cc1csc2ccccc12)C1CCCNC1. The van der Waals surface area contributed by atoms with Crippen LogP contribution in [0.5, 0.6) is 0 Å². The van der Waals surface area contributed by atoms with E-state index in [4.69, 9.17) is 0 Å². The van der Waals surface area contributed by atoms with E-state index in [0.717, 1.165) is 19.5 Å². The maximum atomic E-state index is 12.9. The third-order valence-electron chi connectivity index (χ3n) is 4.95. The van der Waals surface area contributed by atoms with Gasteiger partial charge < -0.3 is 5.32 Å². The molecule has 1 aliphatic heterocycles. The first kappa shape index (κ1) is 14.7. The molecule has 0 spiro atoms. The highest BCUT2D eigenvalue weighted by molar-refractivity contribution is 7.17. The van der Waals surface area contributed by atoms with Gasteiger partial charge in [0.05, 0.1) is 0 Å². The predicted octanol–water partition coefficient (Wildman–Crippen LogP) is 4.04. The number of ketones is 1.